The minimum atomic E-state index is -5.08. The predicted octanol–water partition coefficient (Wildman–Crippen LogP) is 2.01. The van der Waals surface area contributed by atoms with Crippen molar-refractivity contribution in [2.75, 3.05) is 6.54 Å². The second-order valence-corrected chi connectivity index (χ2v) is 7.73. The number of carboxylic acids is 1. The molecule has 2 N–H and O–H groups in total. The quantitative estimate of drug-likeness (QED) is 0.751. The molecule has 0 aromatic carbocycles. The van der Waals surface area contributed by atoms with Crippen LogP contribution >= 0.6 is 11.3 Å². The van der Waals surface area contributed by atoms with Crippen LogP contribution in [0.3, 0.4) is 0 Å². The lowest BCUT2D eigenvalue weighted by Gasteiger charge is -2.27. The molecule has 4 rings (SSSR count). The maximum absolute atomic E-state index is 11.7. The molecule has 2 aliphatic rings. The zero-order chi connectivity index (χ0) is 21.0. The van der Waals surface area contributed by atoms with Gasteiger partial charge < -0.3 is 15.0 Å². The van der Waals surface area contributed by atoms with Crippen molar-refractivity contribution in [1.82, 2.24) is 24.8 Å². The number of hydrogen-bond donors (Lipinski definition) is 2. The third-order valence-electron chi connectivity index (χ3n) is 4.50. The van der Waals surface area contributed by atoms with E-state index in [1.54, 1.807) is 11.3 Å². The van der Waals surface area contributed by atoms with Crippen LogP contribution in [-0.2, 0) is 35.8 Å². The third-order valence-corrected chi connectivity index (χ3v) is 5.27. The molecule has 158 valence electrons. The molecule has 0 radical (unpaired) electrons. The maximum atomic E-state index is 11.7. The highest BCUT2D eigenvalue weighted by Crippen LogP contribution is 2.28. The normalized spacial score (nSPS) is 16.5. The number of imidazole rings is 1. The number of carbonyl (C=O) groups is 2. The van der Waals surface area contributed by atoms with Crippen LogP contribution in [0.5, 0.6) is 0 Å². The summed E-state index contributed by atoms with van der Waals surface area (Å²) in [6, 6.07) is 0. The number of halogens is 3. The minimum Gasteiger partial charge on any atom is -0.475 e. The number of alkyl halides is 3. The van der Waals surface area contributed by atoms with Crippen molar-refractivity contribution < 1.29 is 27.9 Å². The maximum Gasteiger partial charge on any atom is 0.490 e. The number of amides is 1. The van der Waals surface area contributed by atoms with E-state index in [2.05, 4.69) is 24.8 Å². The van der Waals surface area contributed by atoms with E-state index in [1.165, 1.54) is 0 Å². The van der Waals surface area contributed by atoms with Gasteiger partial charge in [0.2, 0.25) is 5.91 Å². The van der Waals surface area contributed by atoms with Crippen LogP contribution in [0, 0.1) is 5.92 Å². The predicted molar refractivity (Wildman–Crippen MR) is 96.7 cm³/mol. The summed E-state index contributed by atoms with van der Waals surface area (Å²) in [7, 11) is 0. The second kappa shape index (κ2) is 8.91. The minimum absolute atomic E-state index is 0.191. The molecule has 0 bridgehead atoms. The van der Waals surface area contributed by atoms with Crippen LogP contribution in [0.25, 0.3) is 0 Å². The van der Waals surface area contributed by atoms with E-state index < -0.39 is 12.1 Å². The van der Waals surface area contributed by atoms with Crippen LogP contribution < -0.4 is 5.32 Å². The van der Waals surface area contributed by atoms with Crippen LogP contribution in [0.1, 0.15) is 29.4 Å². The molecular formula is C17H20F3N5O3S. The standard InChI is InChI=1S/C15H19N5OS.C2HF3O2/c21-15(11-1-2-11)18-8-12-7-17-13-9-19(4-5-20(12)13)10-14-16-3-6-22-14;3-2(4,5)1(6)7/h3,6-7,11H,1-2,4-5,8-10H2,(H,18,21);(H,6,7). The summed E-state index contributed by atoms with van der Waals surface area (Å²) in [5.74, 6) is -1.22. The Morgan fingerprint density at radius 2 is 2.00 bits per heavy atom. The van der Waals surface area contributed by atoms with Gasteiger partial charge in [-0.25, -0.2) is 14.8 Å². The first-order chi connectivity index (χ1) is 13.7. The number of carboxylic acid groups (broad SMARTS) is 1. The molecule has 1 aliphatic carbocycles. The molecule has 29 heavy (non-hydrogen) atoms. The Balaban J connectivity index is 0.000000298. The molecule has 2 aromatic rings. The van der Waals surface area contributed by atoms with Crippen LogP contribution in [0.2, 0.25) is 0 Å². The van der Waals surface area contributed by atoms with Gasteiger partial charge in [-0.15, -0.1) is 11.3 Å². The van der Waals surface area contributed by atoms with Crippen LogP contribution in [0.15, 0.2) is 17.8 Å². The van der Waals surface area contributed by atoms with E-state index in [4.69, 9.17) is 9.90 Å². The molecule has 1 saturated carbocycles. The topological polar surface area (TPSA) is 100 Å². The highest BCUT2D eigenvalue weighted by Gasteiger charge is 2.38. The monoisotopic (exact) mass is 431 g/mol. The van der Waals surface area contributed by atoms with Crippen molar-refractivity contribution in [3.05, 3.63) is 34.3 Å². The molecule has 12 heteroatoms. The molecule has 2 aromatic heterocycles. The molecule has 0 atom stereocenters. The molecule has 1 fully saturated rings. The fourth-order valence-electron chi connectivity index (χ4n) is 2.84. The lowest BCUT2D eigenvalue weighted by Crippen LogP contribution is -2.34. The largest absolute Gasteiger partial charge is 0.490 e. The van der Waals surface area contributed by atoms with E-state index in [0.717, 1.165) is 55.5 Å². The molecular weight excluding hydrogens is 411 g/mol. The third kappa shape index (κ3) is 6.00. The van der Waals surface area contributed by atoms with E-state index in [0.29, 0.717) is 6.54 Å². The number of aliphatic carboxylic acids is 1. The van der Waals surface area contributed by atoms with Crippen LogP contribution in [-0.4, -0.2) is 49.1 Å². The van der Waals surface area contributed by atoms with Crippen molar-refractivity contribution in [2.45, 2.75) is 45.2 Å². The zero-order valence-corrected chi connectivity index (χ0v) is 16.2. The Kier molecular flexibility index (Phi) is 6.52. The molecule has 0 spiro atoms. The summed E-state index contributed by atoms with van der Waals surface area (Å²) < 4.78 is 34.0. The lowest BCUT2D eigenvalue weighted by atomic mass is 10.3. The molecule has 0 saturated heterocycles. The number of hydrogen-bond acceptors (Lipinski definition) is 6. The molecule has 3 heterocycles. The van der Waals surface area contributed by atoms with Gasteiger partial charge >= 0.3 is 12.1 Å². The molecule has 0 unspecified atom stereocenters. The smallest absolute Gasteiger partial charge is 0.475 e. The average Bonchev–Trinajstić information content (AvgIpc) is 3.25. The van der Waals surface area contributed by atoms with E-state index in [9.17, 15) is 18.0 Å². The van der Waals surface area contributed by atoms with Gasteiger partial charge in [0.15, 0.2) is 0 Å². The number of nitrogens with zero attached hydrogens (tertiary/aromatic N) is 4. The van der Waals surface area contributed by atoms with E-state index >= 15 is 0 Å². The van der Waals surface area contributed by atoms with Crippen molar-refractivity contribution >= 4 is 23.2 Å². The Bertz CT molecular complexity index is 849. The first kappa shape index (κ1) is 21.2. The molecule has 1 aliphatic heterocycles. The number of carbonyl (C=O) groups excluding carboxylic acids is 1. The van der Waals surface area contributed by atoms with Crippen molar-refractivity contribution in [1.29, 1.82) is 0 Å². The zero-order valence-electron chi connectivity index (χ0n) is 15.4. The number of thiazole rings is 1. The summed E-state index contributed by atoms with van der Waals surface area (Å²) in [6.07, 6.45) is 0.755. The number of rotatable bonds is 5. The summed E-state index contributed by atoms with van der Waals surface area (Å²) in [5.41, 5.74) is 1.11. The summed E-state index contributed by atoms with van der Waals surface area (Å²) in [5, 5.41) is 13.3. The van der Waals surface area contributed by atoms with Gasteiger partial charge in [-0.2, -0.15) is 13.2 Å². The number of aromatic nitrogens is 3. The van der Waals surface area contributed by atoms with Gasteiger partial charge in [0.1, 0.15) is 10.8 Å². The van der Waals surface area contributed by atoms with Gasteiger partial charge in [-0.1, -0.05) is 0 Å². The highest BCUT2D eigenvalue weighted by atomic mass is 32.1. The number of nitrogens with one attached hydrogen (secondary N) is 1. The van der Waals surface area contributed by atoms with E-state index in [-0.39, 0.29) is 11.8 Å². The fraction of sp³-hybridized carbons (Fsp3) is 0.529. The number of fused-ring (bicyclic) bond motifs is 1. The summed E-state index contributed by atoms with van der Waals surface area (Å²) in [4.78, 5) is 31.9. The average molecular weight is 431 g/mol. The SMILES string of the molecule is O=C(NCc1cnc2n1CCN(Cc1nccs1)C2)C1CC1.O=C(O)C(F)(F)F. The van der Waals surface area contributed by atoms with Crippen molar-refractivity contribution in [3.8, 4) is 0 Å². The van der Waals surface area contributed by atoms with Crippen molar-refractivity contribution in [3.63, 3.8) is 0 Å². The van der Waals surface area contributed by atoms with Gasteiger partial charge in [-0.3, -0.25) is 9.69 Å². The Morgan fingerprint density at radius 3 is 2.59 bits per heavy atom. The second-order valence-electron chi connectivity index (χ2n) is 6.75. The summed E-state index contributed by atoms with van der Waals surface area (Å²) >= 11 is 1.70. The van der Waals surface area contributed by atoms with Crippen LogP contribution in [0.4, 0.5) is 13.2 Å². The first-order valence-corrected chi connectivity index (χ1v) is 9.84. The molecule has 8 nitrogen and oxygen atoms in total. The summed E-state index contributed by atoms with van der Waals surface area (Å²) in [6.45, 7) is 4.24. The van der Waals surface area contributed by atoms with Gasteiger partial charge in [0.05, 0.1) is 31.5 Å². The lowest BCUT2D eigenvalue weighted by molar-refractivity contribution is -0.192. The fourth-order valence-corrected chi connectivity index (χ4v) is 3.50. The Labute approximate surface area is 168 Å². The Morgan fingerprint density at radius 1 is 1.28 bits per heavy atom. The first-order valence-electron chi connectivity index (χ1n) is 8.96. The van der Waals surface area contributed by atoms with Gasteiger partial charge in [0, 0.05) is 30.6 Å². The Hall–Kier alpha value is -2.47. The van der Waals surface area contributed by atoms with Crippen molar-refractivity contribution in [2.24, 2.45) is 5.92 Å². The molecule has 1 amide bonds. The van der Waals surface area contributed by atoms with Gasteiger partial charge in [-0.05, 0) is 12.8 Å². The van der Waals surface area contributed by atoms with E-state index in [1.807, 2.05) is 17.8 Å². The highest BCUT2D eigenvalue weighted by molar-refractivity contribution is 7.09. The van der Waals surface area contributed by atoms with Gasteiger partial charge in [0.25, 0.3) is 0 Å².